The first-order valence-electron chi connectivity index (χ1n) is 7.77. The van der Waals surface area contributed by atoms with Crippen molar-refractivity contribution in [3.63, 3.8) is 0 Å². The Morgan fingerprint density at radius 2 is 1.63 bits per heavy atom. The highest BCUT2D eigenvalue weighted by atomic mass is 15.1. The van der Waals surface area contributed by atoms with Crippen LogP contribution in [0.25, 0.3) is 0 Å². The third-order valence-electron chi connectivity index (χ3n) is 3.57. The van der Waals surface area contributed by atoms with Gasteiger partial charge in [0.05, 0.1) is 0 Å². The Bertz CT molecular complexity index is 234. The summed E-state index contributed by atoms with van der Waals surface area (Å²) >= 11 is 0. The van der Waals surface area contributed by atoms with Gasteiger partial charge in [0, 0.05) is 23.7 Å². The fourth-order valence-electron chi connectivity index (χ4n) is 3.11. The Labute approximate surface area is 121 Å². The second-order valence-corrected chi connectivity index (χ2v) is 7.63. The second-order valence-electron chi connectivity index (χ2n) is 7.63. The lowest BCUT2D eigenvalue weighted by Crippen LogP contribution is -2.56. The number of hydrogen-bond donors (Lipinski definition) is 3. The van der Waals surface area contributed by atoms with Crippen LogP contribution in [0.1, 0.15) is 67.2 Å². The molecule has 0 heterocycles. The third kappa shape index (κ3) is 10.3. The van der Waals surface area contributed by atoms with Crippen LogP contribution in [0.3, 0.4) is 0 Å². The summed E-state index contributed by atoms with van der Waals surface area (Å²) in [5, 5.41) is 7.01. The monoisotopic (exact) mass is 271 g/mol. The van der Waals surface area contributed by atoms with Gasteiger partial charge in [-0.1, -0.05) is 19.8 Å². The van der Waals surface area contributed by atoms with Gasteiger partial charge in [0.1, 0.15) is 0 Å². The van der Waals surface area contributed by atoms with Crippen LogP contribution in [0.2, 0.25) is 0 Å². The summed E-state index contributed by atoms with van der Waals surface area (Å²) in [6, 6.07) is 0.329. The van der Waals surface area contributed by atoms with Crippen LogP contribution in [0.15, 0.2) is 0 Å². The minimum atomic E-state index is 0.135. The van der Waals surface area contributed by atoms with Crippen LogP contribution in [0.4, 0.5) is 0 Å². The van der Waals surface area contributed by atoms with E-state index >= 15 is 0 Å². The summed E-state index contributed by atoms with van der Waals surface area (Å²) in [5.74, 6) is 0.737. The van der Waals surface area contributed by atoms with Crippen molar-refractivity contribution >= 4 is 0 Å². The van der Waals surface area contributed by atoms with Crippen LogP contribution in [-0.4, -0.2) is 30.7 Å². The summed E-state index contributed by atoms with van der Waals surface area (Å²) in [6.45, 7) is 14.5. The van der Waals surface area contributed by atoms with Crippen molar-refractivity contribution in [2.75, 3.05) is 13.6 Å². The van der Waals surface area contributed by atoms with Crippen molar-refractivity contribution in [3.05, 3.63) is 0 Å². The molecule has 0 amide bonds. The lowest BCUT2D eigenvalue weighted by atomic mass is 9.89. The Hall–Kier alpha value is -0.120. The van der Waals surface area contributed by atoms with E-state index in [9.17, 15) is 0 Å². The number of nitrogens with one attached hydrogen (secondary N) is 2. The topological polar surface area (TPSA) is 50.1 Å². The van der Waals surface area contributed by atoms with E-state index in [-0.39, 0.29) is 11.1 Å². The maximum atomic E-state index is 5.85. The molecule has 0 radical (unpaired) electrons. The maximum Gasteiger partial charge on any atom is 0.0254 e. The fourth-order valence-corrected chi connectivity index (χ4v) is 3.11. The van der Waals surface area contributed by atoms with Crippen molar-refractivity contribution < 1.29 is 0 Å². The lowest BCUT2D eigenvalue weighted by molar-refractivity contribution is 0.239. The van der Waals surface area contributed by atoms with Crippen LogP contribution in [0.5, 0.6) is 0 Å². The van der Waals surface area contributed by atoms with E-state index in [1.807, 2.05) is 7.05 Å². The van der Waals surface area contributed by atoms with Crippen molar-refractivity contribution in [3.8, 4) is 0 Å². The normalized spacial score (nSPS) is 16.4. The summed E-state index contributed by atoms with van der Waals surface area (Å²) < 4.78 is 0. The maximum absolute atomic E-state index is 5.85. The number of nitrogens with two attached hydrogens (primary N) is 1. The van der Waals surface area contributed by atoms with Crippen LogP contribution in [-0.2, 0) is 0 Å². The molecule has 0 saturated heterocycles. The standard InChI is InChI=1S/C16H37N3/c1-13(11-14(2)17)9-8-10-15(3,4)19-16(5,6)12-18-7/h13-14,18-19H,8-12,17H2,1-7H3. The van der Waals surface area contributed by atoms with E-state index in [0.29, 0.717) is 6.04 Å². The van der Waals surface area contributed by atoms with Gasteiger partial charge in [0.25, 0.3) is 0 Å². The van der Waals surface area contributed by atoms with Crippen LogP contribution in [0, 0.1) is 5.92 Å². The quantitative estimate of drug-likeness (QED) is 0.572. The van der Waals surface area contributed by atoms with E-state index < -0.39 is 0 Å². The Morgan fingerprint density at radius 3 is 2.11 bits per heavy atom. The first-order chi connectivity index (χ1) is 8.58. The van der Waals surface area contributed by atoms with E-state index in [0.717, 1.165) is 18.9 Å². The predicted octanol–water partition coefficient (Wildman–Crippen LogP) is 2.90. The molecule has 0 aromatic rings. The first-order valence-corrected chi connectivity index (χ1v) is 7.77. The van der Waals surface area contributed by atoms with Crippen molar-refractivity contribution in [1.82, 2.24) is 10.6 Å². The zero-order valence-corrected chi connectivity index (χ0v) is 14.3. The highest BCUT2D eigenvalue weighted by molar-refractivity contribution is 4.89. The molecule has 3 heteroatoms. The fraction of sp³-hybridized carbons (Fsp3) is 1.00. The minimum Gasteiger partial charge on any atom is -0.328 e. The molecule has 0 fully saturated rings. The summed E-state index contributed by atoms with van der Waals surface area (Å²) in [5.41, 5.74) is 6.17. The molecule has 2 unspecified atom stereocenters. The van der Waals surface area contributed by atoms with E-state index in [4.69, 9.17) is 5.73 Å². The molecule has 0 aliphatic carbocycles. The largest absolute Gasteiger partial charge is 0.328 e. The second kappa shape index (κ2) is 8.23. The van der Waals surface area contributed by atoms with E-state index in [1.54, 1.807) is 0 Å². The molecule has 0 spiro atoms. The van der Waals surface area contributed by atoms with Crippen molar-refractivity contribution in [1.29, 1.82) is 0 Å². The molecular formula is C16H37N3. The van der Waals surface area contributed by atoms with Gasteiger partial charge < -0.3 is 16.4 Å². The van der Waals surface area contributed by atoms with Gasteiger partial charge in [-0.25, -0.2) is 0 Å². The van der Waals surface area contributed by atoms with Gasteiger partial charge in [0.15, 0.2) is 0 Å². The average molecular weight is 271 g/mol. The van der Waals surface area contributed by atoms with Gasteiger partial charge in [0.2, 0.25) is 0 Å². The lowest BCUT2D eigenvalue weighted by Gasteiger charge is -2.37. The van der Waals surface area contributed by atoms with Gasteiger partial charge in [-0.15, -0.1) is 0 Å². The van der Waals surface area contributed by atoms with Crippen molar-refractivity contribution in [2.24, 2.45) is 11.7 Å². The van der Waals surface area contributed by atoms with Crippen LogP contribution < -0.4 is 16.4 Å². The molecule has 3 nitrogen and oxygen atoms in total. The third-order valence-corrected chi connectivity index (χ3v) is 3.57. The number of likely N-dealkylation sites (N-methyl/N-ethyl adjacent to an activating group) is 1. The SMILES string of the molecule is CNCC(C)(C)NC(C)(C)CCCC(C)CC(C)N. The number of hydrogen-bond acceptors (Lipinski definition) is 3. The molecule has 0 rings (SSSR count). The number of rotatable bonds is 10. The Morgan fingerprint density at radius 1 is 1.05 bits per heavy atom. The minimum absolute atomic E-state index is 0.135. The van der Waals surface area contributed by atoms with Gasteiger partial charge >= 0.3 is 0 Å². The summed E-state index contributed by atoms with van der Waals surface area (Å²) in [6.07, 6.45) is 4.89. The summed E-state index contributed by atoms with van der Waals surface area (Å²) in [4.78, 5) is 0. The molecule has 0 saturated carbocycles. The smallest absolute Gasteiger partial charge is 0.0254 e. The average Bonchev–Trinajstić information content (AvgIpc) is 2.12. The van der Waals surface area contributed by atoms with Gasteiger partial charge in [-0.2, -0.15) is 0 Å². The molecule has 0 aromatic carbocycles. The molecule has 0 aromatic heterocycles. The molecule has 116 valence electrons. The van der Waals surface area contributed by atoms with Gasteiger partial charge in [-0.3, -0.25) is 0 Å². The van der Waals surface area contributed by atoms with E-state index in [2.05, 4.69) is 52.2 Å². The van der Waals surface area contributed by atoms with Crippen molar-refractivity contribution in [2.45, 2.75) is 84.3 Å². The van der Waals surface area contributed by atoms with Crippen LogP contribution >= 0.6 is 0 Å². The zero-order chi connectivity index (χ0) is 15.1. The molecule has 0 aliphatic rings. The first kappa shape index (κ1) is 18.9. The molecule has 2 atom stereocenters. The molecular weight excluding hydrogens is 234 g/mol. The molecule has 0 bridgehead atoms. The molecule has 19 heavy (non-hydrogen) atoms. The zero-order valence-electron chi connectivity index (χ0n) is 14.3. The van der Waals surface area contributed by atoms with Gasteiger partial charge in [-0.05, 0) is 60.4 Å². The Balaban J connectivity index is 4.03. The highest BCUT2D eigenvalue weighted by Gasteiger charge is 2.26. The predicted molar refractivity (Wildman–Crippen MR) is 86.5 cm³/mol. The molecule has 0 aliphatic heterocycles. The Kier molecular flexibility index (Phi) is 8.18. The van der Waals surface area contributed by atoms with E-state index in [1.165, 1.54) is 19.3 Å². The molecule has 4 N–H and O–H groups in total. The summed E-state index contributed by atoms with van der Waals surface area (Å²) in [7, 11) is 2.01. The highest BCUT2D eigenvalue weighted by Crippen LogP contribution is 2.21.